The van der Waals surface area contributed by atoms with Gasteiger partial charge in [0.1, 0.15) is 0 Å². The maximum atomic E-state index is 13.1. The quantitative estimate of drug-likeness (QED) is 0.656. The SMILES string of the molecule is CCC12CC[C@H](N3CCC(n4c(=O)c(P(=O)(O)O)nc5ccccc54)CC3)C[C@@H](C[C@H]1C)C2. The summed E-state index contributed by atoms with van der Waals surface area (Å²) in [4.78, 5) is 39.3. The van der Waals surface area contributed by atoms with E-state index >= 15 is 0 Å². The maximum absolute atomic E-state index is 13.1. The molecule has 3 fully saturated rings. The molecule has 0 amide bonds. The normalized spacial score (nSPS) is 31.7. The summed E-state index contributed by atoms with van der Waals surface area (Å²) in [5, 5.41) is 0. The van der Waals surface area contributed by atoms with Crippen LogP contribution in [0.4, 0.5) is 0 Å². The molecule has 2 bridgehead atoms. The van der Waals surface area contributed by atoms with Crippen molar-refractivity contribution in [3.8, 4) is 0 Å². The minimum Gasteiger partial charge on any atom is -0.320 e. The van der Waals surface area contributed by atoms with Gasteiger partial charge in [0.2, 0.25) is 5.44 Å². The summed E-state index contributed by atoms with van der Waals surface area (Å²) < 4.78 is 13.6. The Kier molecular flexibility index (Phi) is 6.05. The van der Waals surface area contributed by atoms with E-state index in [4.69, 9.17) is 0 Å². The van der Waals surface area contributed by atoms with Gasteiger partial charge < -0.3 is 19.3 Å². The van der Waals surface area contributed by atoms with Crippen molar-refractivity contribution in [2.75, 3.05) is 13.1 Å². The molecule has 7 nitrogen and oxygen atoms in total. The van der Waals surface area contributed by atoms with Gasteiger partial charge in [-0.05, 0) is 74.3 Å². The first-order valence-electron chi connectivity index (χ1n) is 12.5. The average molecular weight is 474 g/mol. The molecule has 1 aromatic carbocycles. The Morgan fingerprint density at radius 1 is 1.12 bits per heavy atom. The maximum Gasteiger partial charge on any atom is 0.380 e. The number of hydrogen-bond acceptors (Lipinski definition) is 4. The van der Waals surface area contributed by atoms with E-state index in [1.165, 1.54) is 38.5 Å². The number of benzene rings is 1. The zero-order valence-corrected chi connectivity index (χ0v) is 20.6. The standard InChI is InChI=1S/C25H36N3O4P/c1-3-25-11-8-20(15-18(16-25)14-17(25)2)27-12-9-19(10-13-27)28-22-7-5-4-6-21(22)26-23(24(28)29)33(30,31)32/h4-7,17-20H,3,8-16H2,1-2H3,(H2,30,31,32)/t17-,18-,20+,25?/m1/s1. The van der Waals surface area contributed by atoms with E-state index in [9.17, 15) is 19.1 Å². The number of para-hydroxylation sites is 2. The first-order valence-corrected chi connectivity index (χ1v) is 14.1. The number of fused-ring (bicyclic) bond motifs is 3. The van der Waals surface area contributed by atoms with Gasteiger partial charge in [0.15, 0.2) is 0 Å². The molecule has 1 aromatic heterocycles. The number of nitrogens with zero attached hydrogens (tertiary/aromatic N) is 3. The third-order valence-electron chi connectivity index (χ3n) is 9.15. The highest BCUT2D eigenvalue weighted by atomic mass is 31.2. The van der Waals surface area contributed by atoms with E-state index in [2.05, 4.69) is 23.7 Å². The van der Waals surface area contributed by atoms with E-state index in [-0.39, 0.29) is 6.04 Å². The molecule has 0 radical (unpaired) electrons. The first-order chi connectivity index (χ1) is 15.7. The first kappa shape index (κ1) is 23.2. The van der Waals surface area contributed by atoms with E-state index in [1.807, 2.05) is 12.1 Å². The van der Waals surface area contributed by atoms with Crippen LogP contribution in [0.2, 0.25) is 0 Å². The van der Waals surface area contributed by atoms with Crippen LogP contribution in [-0.2, 0) is 4.57 Å². The molecule has 2 aromatic rings. The van der Waals surface area contributed by atoms with Gasteiger partial charge in [0, 0.05) is 25.2 Å². The smallest absolute Gasteiger partial charge is 0.320 e. The molecule has 5 rings (SSSR count). The van der Waals surface area contributed by atoms with E-state index in [1.54, 1.807) is 16.7 Å². The fraction of sp³-hybridized carbons (Fsp3) is 0.680. The van der Waals surface area contributed by atoms with E-state index in [0.29, 0.717) is 22.5 Å². The lowest BCUT2D eigenvalue weighted by Crippen LogP contribution is -2.46. The van der Waals surface area contributed by atoms with Crippen molar-refractivity contribution in [2.45, 2.75) is 77.3 Å². The summed E-state index contributed by atoms with van der Waals surface area (Å²) in [6.07, 6.45) is 9.55. The van der Waals surface area contributed by atoms with Crippen LogP contribution in [-0.4, -0.2) is 43.4 Å². The molecule has 4 atom stereocenters. The molecule has 8 heteroatoms. The molecule has 33 heavy (non-hydrogen) atoms. The summed E-state index contributed by atoms with van der Waals surface area (Å²) in [5.74, 6) is 1.68. The van der Waals surface area contributed by atoms with Crippen molar-refractivity contribution in [2.24, 2.45) is 17.3 Å². The average Bonchev–Trinajstić information content (AvgIpc) is 2.97. The monoisotopic (exact) mass is 473 g/mol. The van der Waals surface area contributed by atoms with Crippen LogP contribution >= 0.6 is 7.60 Å². The molecular weight excluding hydrogens is 437 g/mol. The number of likely N-dealkylation sites (tertiary alicyclic amines) is 1. The molecule has 3 aliphatic rings. The Hall–Kier alpha value is -1.53. The Bertz CT molecular complexity index is 1140. The van der Waals surface area contributed by atoms with E-state index < -0.39 is 18.6 Å². The lowest BCUT2D eigenvalue weighted by Gasteiger charge is -2.40. The van der Waals surface area contributed by atoms with Gasteiger partial charge in [0.25, 0.3) is 5.56 Å². The number of piperidine rings is 1. The van der Waals surface area contributed by atoms with Crippen molar-refractivity contribution in [3.63, 3.8) is 0 Å². The number of hydrogen-bond donors (Lipinski definition) is 2. The minimum absolute atomic E-state index is 0.0730. The topological polar surface area (TPSA) is 95.7 Å². The second kappa shape index (κ2) is 8.60. The molecule has 1 saturated heterocycles. The van der Waals surface area contributed by atoms with Gasteiger partial charge >= 0.3 is 7.60 Å². The fourth-order valence-corrected chi connectivity index (χ4v) is 7.89. The Labute approximate surface area is 195 Å². The molecule has 1 aliphatic heterocycles. The summed E-state index contributed by atoms with van der Waals surface area (Å²) in [7, 11) is -4.75. The summed E-state index contributed by atoms with van der Waals surface area (Å²) in [6, 6.07) is 7.71. The van der Waals surface area contributed by atoms with Gasteiger partial charge in [-0.15, -0.1) is 0 Å². The van der Waals surface area contributed by atoms with Crippen molar-refractivity contribution >= 4 is 24.1 Å². The van der Waals surface area contributed by atoms with Crippen molar-refractivity contribution < 1.29 is 14.4 Å². The van der Waals surface area contributed by atoms with Crippen LogP contribution in [0.15, 0.2) is 29.1 Å². The van der Waals surface area contributed by atoms with Gasteiger partial charge in [-0.1, -0.05) is 32.4 Å². The second-order valence-electron chi connectivity index (χ2n) is 10.8. The molecule has 2 N–H and O–H groups in total. The van der Waals surface area contributed by atoms with Crippen LogP contribution in [0.5, 0.6) is 0 Å². The van der Waals surface area contributed by atoms with Gasteiger partial charge in [0.05, 0.1) is 11.0 Å². The third kappa shape index (κ3) is 4.12. The van der Waals surface area contributed by atoms with Crippen LogP contribution in [0.25, 0.3) is 11.0 Å². The van der Waals surface area contributed by atoms with Crippen molar-refractivity contribution in [3.05, 3.63) is 34.6 Å². The van der Waals surface area contributed by atoms with Gasteiger partial charge in [-0.3, -0.25) is 9.36 Å². The summed E-state index contributed by atoms with van der Waals surface area (Å²) in [6.45, 7) is 6.67. The van der Waals surface area contributed by atoms with Crippen LogP contribution in [0.1, 0.15) is 71.3 Å². The molecular formula is C25H36N3O4P. The molecule has 2 aliphatic carbocycles. The highest BCUT2D eigenvalue weighted by Gasteiger charge is 2.47. The Morgan fingerprint density at radius 2 is 1.85 bits per heavy atom. The highest BCUT2D eigenvalue weighted by molar-refractivity contribution is 7.59. The lowest BCUT2D eigenvalue weighted by atomic mass is 9.73. The molecule has 2 heterocycles. The molecule has 1 unspecified atom stereocenters. The zero-order chi connectivity index (χ0) is 23.4. The largest absolute Gasteiger partial charge is 0.380 e. The van der Waals surface area contributed by atoms with Crippen molar-refractivity contribution in [1.82, 2.24) is 14.5 Å². The summed E-state index contributed by atoms with van der Waals surface area (Å²) in [5.41, 5.74) is 0.369. The van der Waals surface area contributed by atoms with Crippen LogP contribution in [0, 0.1) is 17.3 Å². The minimum atomic E-state index is -4.75. The predicted molar refractivity (Wildman–Crippen MR) is 130 cm³/mol. The third-order valence-corrected chi connectivity index (χ3v) is 9.99. The highest BCUT2D eigenvalue weighted by Crippen LogP contribution is 2.55. The number of aromatic nitrogens is 2. The Balaban J connectivity index is 1.37. The molecule has 180 valence electrons. The van der Waals surface area contributed by atoms with Gasteiger partial charge in [-0.25, -0.2) is 4.98 Å². The second-order valence-corrected chi connectivity index (χ2v) is 12.3. The summed E-state index contributed by atoms with van der Waals surface area (Å²) >= 11 is 0. The molecule has 0 spiro atoms. The van der Waals surface area contributed by atoms with Crippen LogP contribution in [0.3, 0.4) is 0 Å². The van der Waals surface area contributed by atoms with E-state index in [0.717, 1.165) is 37.8 Å². The zero-order valence-electron chi connectivity index (χ0n) is 19.7. The van der Waals surface area contributed by atoms with Crippen LogP contribution < -0.4 is 11.0 Å². The lowest BCUT2D eigenvalue weighted by molar-refractivity contribution is 0.0993. The Morgan fingerprint density at radius 3 is 2.55 bits per heavy atom. The van der Waals surface area contributed by atoms with Gasteiger partial charge in [-0.2, -0.15) is 0 Å². The predicted octanol–water partition coefficient (Wildman–Crippen LogP) is 3.83. The van der Waals surface area contributed by atoms with Crippen molar-refractivity contribution in [1.29, 1.82) is 0 Å². The number of rotatable bonds is 4. The molecule has 2 saturated carbocycles. The fourth-order valence-electron chi connectivity index (χ4n) is 7.30.